The maximum Gasteiger partial charge on any atom is 0.411 e. The van der Waals surface area contributed by atoms with Crippen LogP contribution in [0.2, 0.25) is 0 Å². The van der Waals surface area contributed by atoms with Crippen LogP contribution in [-0.2, 0) is 10.2 Å². The molecule has 0 saturated heterocycles. The topological polar surface area (TPSA) is 97.7 Å². The van der Waals surface area contributed by atoms with Gasteiger partial charge in [0.1, 0.15) is 0 Å². The Hall–Kier alpha value is -3.70. The predicted octanol–water partition coefficient (Wildman–Crippen LogP) is 3.92. The Labute approximate surface area is 168 Å². The molecule has 12 heteroatoms. The Balaban J connectivity index is 2.44. The minimum atomic E-state index is -6.08. The molecule has 3 rings (SSSR count). The number of carbonyl (C=O) groups is 4. The number of carboxylic acid groups (broad SMARTS) is 1. The van der Waals surface area contributed by atoms with Gasteiger partial charge in [-0.15, -0.1) is 0 Å². The monoisotopic (exact) mass is 446 g/mol. The summed E-state index contributed by atoms with van der Waals surface area (Å²) < 4.78 is 89.2. The highest BCUT2D eigenvalue weighted by molar-refractivity contribution is 6.14. The lowest BCUT2D eigenvalue weighted by molar-refractivity contribution is -0.288. The van der Waals surface area contributed by atoms with E-state index in [1.165, 1.54) is 0 Å². The molecule has 2 aromatic carbocycles. The van der Waals surface area contributed by atoms with Crippen molar-refractivity contribution in [1.82, 2.24) is 0 Å². The molecule has 0 aliphatic carbocycles. The van der Waals surface area contributed by atoms with E-state index < -0.39 is 69.1 Å². The summed E-state index contributed by atoms with van der Waals surface area (Å²) in [5.74, 6) is -4.59. The maximum absolute atomic E-state index is 14.2. The Morgan fingerprint density at radius 3 is 1.87 bits per heavy atom. The molecular weight excluding hydrogens is 438 g/mol. The Morgan fingerprint density at radius 2 is 1.35 bits per heavy atom. The van der Waals surface area contributed by atoms with Crippen molar-refractivity contribution in [1.29, 1.82) is 0 Å². The Morgan fingerprint density at radius 1 is 0.839 bits per heavy atom. The molecule has 0 bridgehead atoms. The van der Waals surface area contributed by atoms with Gasteiger partial charge < -0.3 is 9.84 Å². The summed E-state index contributed by atoms with van der Waals surface area (Å²) >= 11 is 0. The van der Waals surface area contributed by atoms with Crippen LogP contribution >= 0.6 is 0 Å². The molecular formula is C19H8F6O6. The Bertz CT molecular complexity index is 1100. The van der Waals surface area contributed by atoms with Gasteiger partial charge in [-0.05, 0) is 29.3 Å². The number of rotatable bonds is 4. The molecule has 0 saturated carbocycles. The molecule has 0 fully saturated rings. The fourth-order valence-corrected chi connectivity index (χ4v) is 3.38. The van der Waals surface area contributed by atoms with Crippen molar-refractivity contribution in [2.24, 2.45) is 0 Å². The largest absolute Gasteiger partial charge is 0.478 e. The first-order valence-electron chi connectivity index (χ1n) is 8.13. The van der Waals surface area contributed by atoms with Crippen LogP contribution in [0.3, 0.4) is 0 Å². The number of halogens is 6. The van der Waals surface area contributed by atoms with Crippen molar-refractivity contribution in [3.8, 4) is 0 Å². The standard InChI is InChI=1S/C19H8F6O6/c20-18(21,22)17(19(23,24)25,9-2-1-8(7-26)12(5-9)14(27)28)10-3-4-11-13(6-10)16(30)31-15(11)29/h1-7H,(H,27,28). The minimum Gasteiger partial charge on any atom is -0.478 e. The van der Waals surface area contributed by atoms with Crippen LogP contribution in [0.1, 0.15) is 52.6 Å². The second-order valence-electron chi connectivity index (χ2n) is 6.41. The molecule has 0 amide bonds. The predicted molar refractivity (Wildman–Crippen MR) is 87.9 cm³/mol. The van der Waals surface area contributed by atoms with Crippen molar-refractivity contribution in [3.05, 3.63) is 69.8 Å². The molecule has 2 aromatic rings. The molecule has 6 nitrogen and oxygen atoms in total. The first kappa shape index (κ1) is 22.0. The van der Waals surface area contributed by atoms with Gasteiger partial charge in [-0.2, -0.15) is 26.3 Å². The van der Waals surface area contributed by atoms with Crippen molar-refractivity contribution in [2.45, 2.75) is 17.8 Å². The fraction of sp³-hybridized carbons (Fsp3) is 0.158. The van der Waals surface area contributed by atoms with Gasteiger partial charge in [0.15, 0.2) is 6.29 Å². The van der Waals surface area contributed by atoms with Gasteiger partial charge in [0, 0.05) is 5.56 Å². The maximum atomic E-state index is 14.2. The number of carbonyl (C=O) groups excluding carboxylic acids is 3. The minimum absolute atomic E-state index is 0.0346. The van der Waals surface area contributed by atoms with Crippen LogP contribution in [0.5, 0.6) is 0 Å². The SMILES string of the molecule is O=Cc1ccc(C(c2ccc3c(c2)C(=O)OC3=O)(C(F)(F)F)C(F)(F)F)cc1C(=O)O. The number of carboxylic acids is 1. The molecule has 0 unspecified atom stereocenters. The average Bonchev–Trinajstić information content (AvgIpc) is 2.93. The lowest BCUT2D eigenvalue weighted by atomic mass is 9.71. The number of alkyl halides is 6. The van der Waals surface area contributed by atoms with E-state index in [0.29, 0.717) is 24.3 Å². The first-order chi connectivity index (χ1) is 14.3. The highest BCUT2D eigenvalue weighted by Crippen LogP contribution is 2.56. The lowest BCUT2D eigenvalue weighted by Crippen LogP contribution is -2.55. The highest BCUT2D eigenvalue weighted by atomic mass is 19.4. The van der Waals surface area contributed by atoms with Crippen molar-refractivity contribution in [3.63, 3.8) is 0 Å². The van der Waals surface area contributed by atoms with Gasteiger partial charge in [-0.1, -0.05) is 18.2 Å². The fourth-order valence-electron chi connectivity index (χ4n) is 3.38. The number of fused-ring (bicyclic) bond motifs is 1. The number of cyclic esters (lactones) is 2. The zero-order chi connectivity index (χ0) is 23.4. The summed E-state index contributed by atoms with van der Waals surface area (Å²) in [4.78, 5) is 45.5. The van der Waals surface area contributed by atoms with Crippen LogP contribution < -0.4 is 0 Å². The molecule has 0 atom stereocenters. The average molecular weight is 446 g/mol. The summed E-state index contributed by atoms with van der Waals surface area (Å²) in [7, 11) is 0. The van der Waals surface area contributed by atoms with Gasteiger partial charge in [0.25, 0.3) is 0 Å². The van der Waals surface area contributed by atoms with E-state index in [2.05, 4.69) is 4.74 Å². The smallest absolute Gasteiger partial charge is 0.411 e. The molecule has 1 aliphatic heterocycles. The summed E-state index contributed by atoms with van der Waals surface area (Å²) in [5.41, 5.74) is -10.9. The van der Waals surface area contributed by atoms with E-state index in [-0.39, 0.29) is 18.4 Å². The molecule has 1 N–H and O–H groups in total. The second kappa shape index (κ2) is 6.93. The Kier molecular flexibility index (Phi) is 4.91. The number of benzene rings is 2. The van der Waals surface area contributed by atoms with Gasteiger partial charge in [0.05, 0.1) is 16.7 Å². The summed E-state index contributed by atoms with van der Waals surface area (Å²) in [5, 5.41) is 9.13. The number of hydrogen-bond acceptors (Lipinski definition) is 5. The van der Waals surface area contributed by atoms with Crippen molar-refractivity contribution in [2.75, 3.05) is 0 Å². The van der Waals surface area contributed by atoms with Gasteiger partial charge >= 0.3 is 30.3 Å². The molecule has 1 aliphatic rings. The normalized spacial score (nSPS) is 14.3. The summed E-state index contributed by atoms with van der Waals surface area (Å²) in [6.07, 6.45) is -12.2. The zero-order valence-electron chi connectivity index (χ0n) is 14.8. The highest BCUT2D eigenvalue weighted by Gasteiger charge is 2.72. The van der Waals surface area contributed by atoms with Crippen molar-refractivity contribution >= 4 is 24.2 Å². The quantitative estimate of drug-likeness (QED) is 0.331. The van der Waals surface area contributed by atoms with E-state index in [4.69, 9.17) is 5.11 Å². The third-order valence-electron chi connectivity index (χ3n) is 4.77. The van der Waals surface area contributed by atoms with Crippen LogP contribution in [-0.4, -0.2) is 41.7 Å². The summed E-state index contributed by atoms with van der Waals surface area (Å²) in [6, 6.07) is 2.12. The van der Waals surface area contributed by atoms with Crippen LogP contribution in [0.15, 0.2) is 36.4 Å². The van der Waals surface area contributed by atoms with Crippen molar-refractivity contribution < 1.29 is 55.4 Å². The molecule has 0 aromatic heterocycles. The van der Waals surface area contributed by atoms with Crippen LogP contribution in [0.4, 0.5) is 26.3 Å². The van der Waals surface area contributed by atoms with E-state index in [0.717, 1.165) is 0 Å². The number of aromatic carboxylic acids is 1. The molecule has 0 radical (unpaired) electrons. The van der Waals surface area contributed by atoms with Gasteiger partial charge in [-0.3, -0.25) is 4.79 Å². The van der Waals surface area contributed by atoms with Crippen LogP contribution in [0.25, 0.3) is 0 Å². The number of esters is 2. The lowest BCUT2D eigenvalue weighted by Gasteiger charge is -2.38. The number of hydrogen-bond donors (Lipinski definition) is 1. The number of ether oxygens (including phenoxy) is 1. The van der Waals surface area contributed by atoms with Gasteiger partial charge in [-0.25, -0.2) is 14.4 Å². The van der Waals surface area contributed by atoms with E-state index in [1.54, 1.807) is 0 Å². The zero-order valence-corrected chi connectivity index (χ0v) is 14.8. The number of aldehydes is 1. The molecule has 0 spiro atoms. The van der Waals surface area contributed by atoms with E-state index in [9.17, 15) is 45.5 Å². The molecule has 162 valence electrons. The molecule has 31 heavy (non-hydrogen) atoms. The first-order valence-corrected chi connectivity index (χ1v) is 8.13. The van der Waals surface area contributed by atoms with E-state index >= 15 is 0 Å². The van der Waals surface area contributed by atoms with Gasteiger partial charge in [0.2, 0.25) is 5.41 Å². The molecule has 1 heterocycles. The second-order valence-corrected chi connectivity index (χ2v) is 6.41. The third kappa shape index (κ3) is 3.14. The third-order valence-corrected chi connectivity index (χ3v) is 4.77. The van der Waals surface area contributed by atoms with Crippen LogP contribution in [0, 0.1) is 0 Å². The van der Waals surface area contributed by atoms with E-state index in [1.807, 2.05) is 0 Å². The summed E-state index contributed by atoms with van der Waals surface area (Å²) in [6.45, 7) is 0.